The van der Waals surface area contributed by atoms with Crippen molar-refractivity contribution in [1.82, 2.24) is 4.98 Å². The van der Waals surface area contributed by atoms with Crippen LogP contribution < -0.4 is 5.32 Å². The number of nitrogens with zero attached hydrogens (tertiary/aromatic N) is 2. The fraction of sp³-hybridized carbons (Fsp3) is 0.462. The molecule has 0 spiro atoms. The molecule has 0 saturated heterocycles. The molecule has 0 saturated carbocycles. The first-order valence-corrected chi connectivity index (χ1v) is 7.22. The largest absolute Gasteiger partial charge is 0.379 e. The predicted octanol–water partition coefficient (Wildman–Crippen LogP) is 4.05. The average Bonchev–Trinajstić information content (AvgIpc) is 2.81. The van der Waals surface area contributed by atoms with E-state index in [9.17, 15) is 10.1 Å². The Bertz CT molecular complexity index is 580. The molecule has 0 aliphatic heterocycles. The quantitative estimate of drug-likeness (QED) is 0.492. The number of nitro benzene ring substituents is 1. The van der Waals surface area contributed by atoms with Gasteiger partial charge in [-0.25, -0.2) is 4.98 Å². The van der Waals surface area contributed by atoms with Crippen molar-refractivity contribution in [3.63, 3.8) is 0 Å². The van der Waals surface area contributed by atoms with E-state index in [-0.39, 0.29) is 10.6 Å². The first-order chi connectivity index (χ1) is 9.09. The Balaban J connectivity index is 2.17. The van der Waals surface area contributed by atoms with E-state index in [2.05, 4.69) is 24.1 Å². The van der Waals surface area contributed by atoms with Gasteiger partial charge in [-0.05, 0) is 30.9 Å². The second kappa shape index (κ2) is 5.97. The lowest BCUT2D eigenvalue weighted by Crippen LogP contribution is -2.05. The average molecular weight is 279 g/mol. The number of aromatic nitrogens is 1. The third-order valence-electron chi connectivity index (χ3n) is 2.93. The van der Waals surface area contributed by atoms with Gasteiger partial charge in [0.25, 0.3) is 0 Å². The zero-order valence-electron chi connectivity index (χ0n) is 11.0. The van der Waals surface area contributed by atoms with Crippen LogP contribution in [-0.2, 0) is 0 Å². The van der Waals surface area contributed by atoms with Gasteiger partial charge in [0, 0.05) is 6.54 Å². The molecule has 1 N–H and O–H groups in total. The molecule has 1 aromatic heterocycles. The first-order valence-electron chi connectivity index (χ1n) is 6.34. The summed E-state index contributed by atoms with van der Waals surface area (Å²) in [4.78, 5) is 14.9. The number of anilines is 1. The van der Waals surface area contributed by atoms with Crippen molar-refractivity contribution in [1.29, 1.82) is 0 Å². The molecule has 1 heterocycles. The highest BCUT2D eigenvalue weighted by Gasteiger charge is 2.20. The van der Waals surface area contributed by atoms with Gasteiger partial charge in [0.05, 0.1) is 15.1 Å². The van der Waals surface area contributed by atoms with Gasteiger partial charge in [0.2, 0.25) is 0 Å². The molecule has 19 heavy (non-hydrogen) atoms. The van der Waals surface area contributed by atoms with E-state index in [1.807, 2.05) is 6.07 Å². The number of nitro groups is 1. The highest BCUT2D eigenvalue weighted by atomic mass is 32.1. The summed E-state index contributed by atoms with van der Waals surface area (Å²) in [5, 5.41) is 14.4. The van der Waals surface area contributed by atoms with Crippen molar-refractivity contribution in [2.24, 2.45) is 5.92 Å². The zero-order chi connectivity index (χ0) is 13.8. The monoisotopic (exact) mass is 279 g/mol. The Morgan fingerprint density at radius 3 is 2.95 bits per heavy atom. The number of hydrogen-bond donors (Lipinski definition) is 1. The minimum atomic E-state index is -0.354. The Morgan fingerprint density at radius 1 is 1.47 bits per heavy atom. The summed E-state index contributed by atoms with van der Waals surface area (Å²) in [6, 6.07) is 3.65. The van der Waals surface area contributed by atoms with Gasteiger partial charge in [-0.1, -0.05) is 13.8 Å². The van der Waals surface area contributed by atoms with Crippen LogP contribution in [0.25, 0.3) is 10.2 Å². The molecule has 6 heteroatoms. The lowest BCUT2D eigenvalue weighted by Gasteiger charge is -2.08. The van der Waals surface area contributed by atoms with Gasteiger partial charge in [0.15, 0.2) is 5.52 Å². The normalized spacial score (nSPS) is 11.1. The van der Waals surface area contributed by atoms with Crippen LogP contribution in [0.3, 0.4) is 0 Å². The van der Waals surface area contributed by atoms with E-state index in [0.717, 1.165) is 24.1 Å². The van der Waals surface area contributed by atoms with Crippen molar-refractivity contribution in [3.8, 4) is 0 Å². The van der Waals surface area contributed by atoms with Crippen LogP contribution >= 0.6 is 11.3 Å². The van der Waals surface area contributed by atoms with Crippen molar-refractivity contribution in [2.75, 3.05) is 11.9 Å². The SMILES string of the molecule is CC(C)CCCNc1ccc2scnc2c1[N+](=O)[O-]. The van der Waals surface area contributed by atoms with Crippen LogP contribution in [-0.4, -0.2) is 16.5 Å². The standard InChI is InChI=1S/C13H17N3O2S/c1-9(2)4-3-7-14-10-5-6-11-12(15-8-19-11)13(10)16(17)18/h5-6,8-9,14H,3-4,7H2,1-2H3. The molecule has 0 unspecified atom stereocenters. The van der Waals surface area contributed by atoms with Gasteiger partial charge >= 0.3 is 5.69 Å². The lowest BCUT2D eigenvalue weighted by atomic mass is 10.1. The molecule has 2 aromatic rings. The molecule has 0 aliphatic carbocycles. The van der Waals surface area contributed by atoms with Gasteiger partial charge < -0.3 is 5.32 Å². The number of hydrogen-bond acceptors (Lipinski definition) is 5. The summed E-state index contributed by atoms with van der Waals surface area (Å²) in [6.45, 7) is 5.09. The molecular formula is C13H17N3O2S. The minimum Gasteiger partial charge on any atom is -0.379 e. The number of rotatable bonds is 6. The summed E-state index contributed by atoms with van der Waals surface area (Å²) >= 11 is 1.42. The summed E-state index contributed by atoms with van der Waals surface area (Å²) in [7, 11) is 0. The van der Waals surface area contributed by atoms with Crippen LogP contribution in [0.4, 0.5) is 11.4 Å². The molecule has 0 aliphatic rings. The molecule has 5 nitrogen and oxygen atoms in total. The summed E-state index contributed by atoms with van der Waals surface area (Å²) in [5.41, 5.74) is 2.76. The van der Waals surface area contributed by atoms with Crippen LogP contribution in [0.5, 0.6) is 0 Å². The summed E-state index contributed by atoms with van der Waals surface area (Å²) < 4.78 is 0.847. The Kier molecular flexibility index (Phi) is 4.31. The number of fused-ring (bicyclic) bond motifs is 1. The van der Waals surface area contributed by atoms with Gasteiger partial charge in [0.1, 0.15) is 5.69 Å². The summed E-state index contributed by atoms with van der Waals surface area (Å²) in [6.07, 6.45) is 2.11. The van der Waals surface area contributed by atoms with Crippen LogP contribution in [0, 0.1) is 16.0 Å². The molecule has 0 atom stereocenters. The van der Waals surface area contributed by atoms with Crippen molar-refractivity contribution >= 4 is 32.9 Å². The predicted molar refractivity (Wildman–Crippen MR) is 78.8 cm³/mol. The fourth-order valence-corrected chi connectivity index (χ4v) is 2.66. The molecule has 0 amide bonds. The van der Waals surface area contributed by atoms with Crippen molar-refractivity contribution < 1.29 is 4.92 Å². The molecule has 2 rings (SSSR count). The Labute approximate surface area is 115 Å². The molecule has 0 fully saturated rings. The molecule has 0 bridgehead atoms. The number of nitrogens with one attached hydrogen (secondary N) is 1. The first kappa shape index (κ1) is 13.7. The van der Waals surface area contributed by atoms with Crippen LogP contribution in [0.15, 0.2) is 17.6 Å². The van der Waals surface area contributed by atoms with Crippen molar-refractivity contribution in [2.45, 2.75) is 26.7 Å². The van der Waals surface area contributed by atoms with Crippen LogP contribution in [0.1, 0.15) is 26.7 Å². The van der Waals surface area contributed by atoms with E-state index < -0.39 is 0 Å². The van der Waals surface area contributed by atoms with Crippen molar-refractivity contribution in [3.05, 3.63) is 27.8 Å². The molecule has 1 aromatic carbocycles. The molecule has 102 valence electrons. The maximum absolute atomic E-state index is 11.2. The van der Waals surface area contributed by atoms with E-state index in [0.29, 0.717) is 17.1 Å². The maximum Gasteiger partial charge on any atom is 0.319 e. The molecular weight excluding hydrogens is 262 g/mol. The number of benzene rings is 1. The zero-order valence-corrected chi connectivity index (χ0v) is 11.9. The Morgan fingerprint density at radius 2 is 2.26 bits per heavy atom. The third kappa shape index (κ3) is 3.20. The smallest absolute Gasteiger partial charge is 0.319 e. The fourth-order valence-electron chi connectivity index (χ4n) is 1.98. The van der Waals surface area contributed by atoms with E-state index in [1.165, 1.54) is 11.3 Å². The van der Waals surface area contributed by atoms with E-state index in [4.69, 9.17) is 0 Å². The lowest BCUT2D eigenvalue weighted by molar-refractivity contribution is -0.382. The highest BCUT2D eigenvalue weighted by molar-refractivity contribution is 7.16. The van der Waals surface area contributed by atoms with Gasteiger partial charge in [-0.2, -0.15) is 0 Å². The highest BCUT2D eigenvalue weighted by Crippen LogP contribution is 2.34. The second-order valence-corrected chi connectivity index (χ2v) is 5.77. The van der Waals surface area contributed by atoms with Gasteiger partial charge in [-0.15, -0.1) is 11.3 Å². The van der Waals surface area contributed by atoms with Gasteiger partial charge in [-0.3, -0.25) is 10.1 Å². The maximum atomic E-state index is 11.2. The Hall–Kier alpha value is -1.69. The molecule has 0 radical (unpaired) electrons. The van der Waals surface area contributed by atoms with Crippen LogP contribution in [0.2, 0.25) is 0 Å². The minimum absolute atomic E-state index is 0.0864. The second-order valence-electron chi connectivity index (χ2n) is 4.88. The summed E-state index contributed by atoms with van der Waals surface area (Å²) in [5.74, 6) is 0.651. The topological polar surface area (TPSA) is 68.1 Å². The van der Waals surface area contributed by atoms with E-state index in [1.54, 1.807) is 11.6 Å². The third-order valence-corrected chi connectivity index (χ3v) is 3.73. The van der Waals surface area contributed by atoms with E-state index >= 15 is 0 Å². The number of thiazole rings is 1.